The smallest absolute Gasteiger partial charge is 0.145 e. The van der Waals surface area contributed by atoms with E-state index in [9.17, 15) is 5.11 Å². The first-order valence-corrected chi connectivity index (χ1v) is 7.88. The monoisotopic (exact) mass is 318 g/mol. The largest absolute Gasteiger partial charge is 0.510 e. The van der Waals surface area contributed by atoms with E-state index < -0.39 is 0 Å². The van der Waals surface area contributed by atoms with Gasteiger partial charge in [-0.05, 0) is 30.2 Å². The van der Waals surface area contributed by atoms with E-state index in [0.29, 0.717) is 30.3 Å². The molecule has 1 aliphatic heterocycles. The summed E-state index contributed by atoms with van der Waals surface area (Å²) in [5.74, 6) is 1.03. The Balaban J connectivity index is 1.64. The molecule has 0 atom stereocenters. The number of amidine groups is 1. The molecule has 0 fully saturated rings. The predicted octanol–water partition coefficient (Wildman–Crippen LogP) is 3.63. The van der Waals surface area contributed by atoms with Gasteiger partial charge in [0.25, 0.3) is 0 Å². The van der Waals surface area contributed by atoms with E-state index >= 15 is 0 Å². The maximum Gasteiger partial charge on any atom is 0.145 e. The molecule has 0 amide bonds. The SMILES string of the molecule is Cc1ccc2nc(C3=C(O)CN(Cc4ccccc4)C3=N)[nH]c2c1. The average Bonchev–Trinajstić information content (AvgIpc) is 3.08. The van der Waals surface area contributed by atoms with Gasteiger partial charge in [-0.3, -0.25) is 5.41 Å². The number of imidazole rings is 1. The minimum atomic E-state index is 0.187. The predicted molar refractivity (Wildman–Crippen MR) is 95.0 cm³/mol. The molecule has 0 saturated carbocycles. The zero-order chi connectivity index (χ0) is 16.7. The molecular formula is C19H18N4O. The van der Waals surface area contributed by atoms with E-state index in [-0.39, 0.29) is 5.76 Å². The van der Waals surface area contributed by atoms with Crippen molar-refractivity contribution in [1.29, 1.82) is 5.41 Å². The minimum Gasteiger partial charge on any atom is -0.510 e. The molecule has 4 rings (SSSR count). The summed E-state index contributed by atoms with van der Waals surface area (Å²) in [7, 11) is 0. The number of aromatic nitrogens is 2. The molecule has 3 aromatic rings. The van der Waals surface area contributed by atoms with E-state index in [0.717, 1.165) is 22.2 Å². The third-order valence-corrected chi connectivity index (χ3v) is 4.27. The summed E-state index contributed by atoms with van der Waals surface area (Å²) in [6, 6.07) is 15.9. The van der Waals surface area contributed by atoms with Crippen LogP contribution in [0, 0.1) is 12.3 Å². The van der Waals surface area contributed by atoms with Crippen molar-refractivity contribution < 1.29 is 5.11 Å². The fourth-order valence-corrected chi connectivity index (χ4v) is 3.06. The van der Waals surface area contributed by atoms with Crippen LogP contribution in [-0.4, -0.2) is 32.4 Å². The van der Waals surface area contributed by atoms with Crippen LogP contribution in [0.4, 0.5) is 0 Å². The molecule has 0 saturated heterocycles. The molecule has 1 aliphatic rings. The molecular weight excluding hydrogens is 300 g/mol. The number of aliphatic hydroxyl groups is 1. The molecule has 2 heterocycles. The summed E-state index contributed by atoms with van der Waals surface area (Å²) in [5.41, 5.74) is 4.49. The number of aliphatic hydroxyl groups excluding tert-OH is 1. The molecule has 3 N–H and O–H groups in total. The van der Waals surface area contributed by atoms with Gasteiger partial charge in [0.05, 0.1) is 23.2 Å². The van der Waals surface area contributed by atoms with Gasteiger partial charge in [-0.2, -0.15) is 0 Å². The Hall–Kier alpha value is -3.08. The molecule has 0 unspecified atom stereocenters. The quantitative estimate of drug-likeness (QED) is 0.690. The standard InChI is InChI=1S/C19H18N4O/c1-12-7-8-14-15(9-12)22-19(21-14)17-16(24)11-23(18(17)20)10-13-5-3-2-4-6-13/h2-9,20,24H,10-11H2,1H3,(H,21,22). The summed E-state index contributed by atoms with van der Waals surface area (Å²) >= 11 is 0. The van der Waals surface area contributed by atoms with Gasteiger partial charge in [0.1, 0.15) is 17.4 Å². The van der Waals surface area contributed by atoms with Crippen LogP contribution in [0.25, 0.3) is 16.6 Å². The number of fused-ring (bicyclic) bond motifs is 1. The number of hydrogen-bond donors (Lipinski definition) is 3. The van der Waals surface area contributed by atoms with Crippen molar-refractivity contribution in [2.45, 2.75) is 13.5 Å². The van der Waals surface area contributed by atoms with Crippen LogP contribution >= 0.6 is 0 Å². The fourth-order valence-electron chi connectivity index (χ4n) is 3.06. The Bertz CT molecular complexity index is 956. The van der Waals surface area contributed by atoms with Gasteiger partial charge in [-0.15, -0.1) is 0 Å². The van der Waals surface area contributed by atoms with E-state index in [4.69, 9.17) is 5.41 Å². The molecule has 2 aromatic carbocycles. The number of aromatic amines is 1. The highest BCUT2D eigenvalue weighted by atomic mass is 16.3. The second kappa shape index (κ2) is 5.53. The van der Waals surface area contributed by atoms with Gasteiger partial charge in [0.2, 0.25) is 0 Å². The first-order chi connectivity index (χ1) is 11.6. The molecule has 24 heavy (non-hydrogen) atoms. The van der Waals surface area contributed by atoms with Crippen LogP contribution in [0.2, 0.25) is 0 Å². The number of rotatable bonds is 3. The summed E-state index contributed by atoms with van der Waals surface area (Å²) in [5, 5.41) is 18.8. The maximum atomic E-state index is 10.4. The topological polar surface area (TPSA) is 76.0 Å². The zero-order valence-electron chi connectivity index (χ0n) is 13.4. The van der Waals surface area contributed by atoms with Crippen molar-refractivity contribution in [2.24, 2.45) is 0 Å². The third kappa shape index (κ3) is 2.44. The fraction of sp³-hybridized carbons (Fsp3) is 0.158. The number of nitrogens with zero attached hydrogens (tertiary/aromatic N) is 2. The third-order valence-electron chi connectivity index (χ3n) is 4.27. The van der Waals surface area contributed by atoms with Crippen LogP contribution in [-0.2, 0) is 6.54 Å². The van der Waals surface area contributed by atoms with Gasteiger partial charge in [0.15, 0.2) is 0 Å². The van der Waals surface area contributed by atoms with Crippen molar-refractivity contribution in [2.75, 3.05) is 6.54 Å². The van der Waals surface area contributed by atoms with Crippen LogP contribution in [0.5, 0.6) is 0 Å². The molecule has 5 heteroatoms. The molecule has 0 aliphatic carbocycles. The normalized spacial score (nSPS) is 14.9. The number of aryl methyl sites for hydroxylation is 1. The number of H-pyrrole nitrogens is 1. The molecule has 0 radical (unpaired) electrons. The number of hydrogen-bond acceptors (Lipinski definition) is 3. The van der Waals surface area contributed by atoms with Crippen LogP contribution in [0.3, 0.4) is 0 Å². The Morgan fingerprint density at radius 3 is 2.79 bits per heavy atom. The van der Waals surface area contributed by atoms with Crippen molar-refractivity contribution in [3.8, 4) is 0 Å². The minimum absolute atomic E-state index is 0.187. The maximum absolute atomic E-state index is 10.4. The number of nitrogens with one attached hydrogen (secondary N) is 2. The van der Waals surface area contributed by atoms with Gasteiger partial charge in [-0.1, -0.05) is 36.4 Å². The highest BCUT2D eigenvalue weighted by Crippen LogP contribution is 2.28. The van der Waals surface area contributed by atoms with Gasteiger partial charge in [0, 0.05) is 6.54 Å². The Morgan fingerprint density at radius 1 is 1.21 bits per heavy atom. The van der Waals surface area contributed by atoms with E-state index in [2.05, 4.69) is 9.97 Å². The molecule has 0 spiro atoms. The summed E-state index contributed by atoms with van der Waals surface area (Å²) < 4.78 is 0. The van der Waals surface area contributed by atoms with Crippen LogP contribution < -0.4 is 0 Å². The van der Waals surface area contributed by atoms with Gasteiger partial charge in [-0.25, -0.2) is 4.98 Å². The second-order valence-electron chi connectivity index (χ2n) is 6.12. The summed E-state index contributed by atoms with van der Waals surface area (Å²) in [4.78, 5) is 9.61. The van der Waals surface area contributed by atoms with Crippen molar-refractivity contribution in [1.82, 2.24) is 14.9 Å². The van der Waals surface area contributed by atoms with Crippen molar-refractivity contribution >= 4 is 22.4 Å². The lowest BCUT2D eigenvalue weighted by Gasteiger charge is -2.18. The molecule has 120 valence electrons. The lowest BCUT2D eigenvalue weighted by Crippen LogP contribution is -2.26. The summed E-state index contributed by atoms with van der Waals surface area (Å²) in [6.07, 6.45) is 0. The lowest BCUT2D eigenvalue weighted by atomic mass is 10.2. The highest BCUT2D eigenvalue weighted by Gasteiger charge is 2.30. The first kappa shape index (κ1) is 14.5. The highest BCUT2D eigenvalue weighted by molar-refractivity contribution is 6.23. The van der Waals surface area contributed by atoms with Crippen LogP contribution in [0.15, 0.2) is 54.3 Å². The Kier molecular flexibility index (Phi) is 3.34. The Morgan fingerprint density at radius 2 is 2.00 bits per heavy atom. The van der Waals surface area contributed by atoms with Crippen molar-refractivity contribution in [3.63, 3.8) is 0 Å². The average molecular weight is 318 g/mol. The number of benzene rings is 2. The lowest BCUT2D eigenvalue weighted by molar-refractivity contribution is 0.347. The molecule has 0 bridgehead atoms. The molecule has 1 aromatic heterocycles. The van der Waals surface area contributed by atoms with E-state index in [1.165, 1.54) is 0 Å². The zero-order valence-corrected chi connectivity index (χ0v) is 13.4. The van der Waals surface area contributed by atoms with Crippen LogP contribution in [0.1, 0.15) is 17.0 Å². The molecule has 5 nitrogen and oxygen atoms in total. The Labute approximate surface area is 139 Å². The van der Waals surface area contributed by atoms with E-state index in [1.54, 1.807) is 0 Å². The van der Waals surface area contributed by atoms with Gasteiger partial charge < -0.3 is 15.0 Å². The first-order valence-electron chi connectivity index (χ1n) is 7.88. The van der Waals surface area contributed by atoms with Crippen molar-refractivity contribution in [3.05, 3.63) is 71.2 Å². The van der Waals surface area contributed by atoms with Gasteiger partial charge >= 0.3 is 0 Å². The summed E-state index contributed by atoms with van der Waals surface area (Å²) in [6.45, 7) is 2.95. The second-order valence-corrected chi connectivity index (χ2v) is 6.12. The van der Waals surface area contributed by atoms with E-state index in [1.807, 2.05) is 60.4 Å².